The Hall–Kier alpha value is -3.79. The van der Waals surface area contributed by atoms with E-state index in [1.165, 1.54) is 5.56 Å². The lowest BCUT2D eigenvalue weighted by Crippen LogP contribution is -2.69. The molecule has 0 aliphatic carbocycles. The van der Waals surface area contributed by atoms with E-state index in [-0.39, 0.29) is 12.1 Å². The molecule has 2 aliphatic heterocycles. The molecule has 0 aromatic heterocycles. The Labute approximate surface area is 232 Å². The van der Waals surface area contributed by atoms with Crippen molar-refractivity contribution in [1.29, 1.82) is 0 Å². The summed E-state index contributed by atoms with van der Waals surface area (Å²) >= 11 is 0. The number of urea groups is 1. The fourth-order valence-electron chi connectivity index (χ4n) is 5.83. The highest BCUT2D eigenvalue weighted by Gasteiger charge is 2.49. The van der Waals surface area contributed by atoms with Crippen LogP contribution in [0.15, 0.2) is 78.9 Å². The molecule has 6 heteroatoms. The molecule has 6 nitrogen and oxygen atoms in total. The smallest absolute Gasteiger partial charge is 0.321 e. The zero-order valence-corrected chi connectivity index (χ0v) is 23.1. The van der Waals surface area contributed by atoms with Gasteiger partial charge in [0.05, 0.1) is 7.11 Å². The fraction of sp³-hybridized carbons (Fsp3) is 0.364. The number of hydrogen-bond acceptors (Lipinski definition) is 4. The second-order valence-electron chi connectivity index (χ2n) is 10.7. The van der Waals surface area contributed by atoms with Crippen LogP contribution in [0.3, 0.4) is 0 Å². The van der Waals surface area contributed by atoms with Crippen LogP contribution < -0.4 is 10.1 Å². The number of methoxy groups -OCH3 is 1. The summed E-state index contributed by atoms with van der Waals surface area (Å²) in [7, 11) is 5.93. The molecule has 0 spiro atoms. The van der Waals surface area contributed by atoms with Crippen LogP contribution >= 0.6 is 0 Å². The Balaban J connectivity index is 1.33. The lowest BCUT2D eigenvalue weighted by Gasteiger charge is -2.58. The number of likely N-dealkylation sites (N-methyl/N-ethyl adjacent to an activating group) is 1. The van der Waals surface area contributed by atoms with E-state index in [4.69, 9.17) is 4.74 Å². The summed E-state index contributed by atoms with van der Waals surface area (Å²) in [6, 6.07) is 27.0. The first-order valence-corrected chi connectivity index (χ1v) is 13.8. The number of benzene rings is 3. The summed E-state index contributed by atoms with van der Waals surface area (Å²) in [5, 5.41) is 3.09. The molecule has 3 atom stereocenters. The van der Waals surface area contributed by atoms with E-state index in [0.29, 0.717) is 18.5 Å². The van der Waals surface area contributed by atoms with Crippen molar-refractivity contribution in [2.45, 2.75) is 30.8 Å². The Bertz CT molecular complexity index is 1300. The molecule has 2 fully saturated rings. The van der Waals surface area contributed by atoms with Gasteiger partial charge in [0.25, 0.3) is 0 Å². The zero-order valence-electron chi connectivity index (χ0n) is 23.1. The monoisotopic (exact) mass is 522 g/mol. The molecule has 0 radical (unpaired) electrons. The number of ether oxygens (including phenoxy) is 1. The number of carbonyl (C=O) groups excluding carboxylic acids is 1. The summed E-state index contributed by atoms with van der Waals surface area (Å²) in [5.41, 5.74) is 4.14. The summed E-state index contributed by atoms with van der Waals surface area (Å²) in [6.45, 7) is 3.56. The molecule has 1 unspecified atom stereocenters. The molecule has 39 heavy (non-hydrogen) atoms. The predicted molar refractivity (Wildman–Crippen MR) is 157 cm³/mol. The second kappa shape index (κ2) is 12.4. The van der Waals surface area contributed by atoms with E-state index >= 15 is 0 Å². The van der Waals surface area contributed by atoms with E-state index in [2.05, 4.69) is 65.3 Å². The summed E-state index contributed by atoms with van der Waals surface area (Å²) in [4.78, 5) is 20.2. The van der Waals surface area contributed by atoms with Crippen molar-refractivity contribution in [2.24, 2.45) is 0 Å². The number of fused-ring (bicyclic) bond motifs is 1. The van der Waals surface area contributed by atoms with Gasteiger partial charge in [0, 0.05) is 54.5 Å². The third-order valence-electron chi connectivity index (χ3n) is 7.78. The molecular formula is C33H38N4O2. The standard InChI is InChI=1S/C33H38N4O2/c1-35(2)23-30-32(27-15-13-26(14-16-27)12-11-25-9-5-4-6-10-25)31-24-36(21-7-8-22-37(30)31)33(38)34-28-17-19-29(39-3)20-18-28/h4-6,9-10,13-20,30-32H,7-8,21-24H2,1-3H3,(H,34,38)/t30-,31+,32?/m1/s1. The van der Waals surface area contributed by atoms with Crippen LogP contribution in [0, 0.1) is 11.8 Å². The van der Waals surface area contributed by atoms with Crippen LogP contribution in [0.4, 0.5) is 10.5 Å². The maximum atomic E-state index is 13.3. The molecule has 2 amide bonds. The van der Waals surface area contributed by atoms with Crippen molar-refractivity contribution in [3.8, 4) is 17.6 Å². The van der Waals surface area contributed by atoms with Gasteiger partial charge in [-0.05, 0) is 87.6 Å². The summed E-state index contributed by atoms with van der Waals surface area (Å²) < 4.78 is 5.25. The van der Waals surface area contributed by atoms with E-state index in [1.54, 1.807) is 7.11 Å². The third-order valence-corrected chi connectivity index (χ3v) is 7.78. The molecule has 0 bridgehead atoms. The van der Waals surface area contributed by atoms with Gasteiger partial charge in [0.2, 0.25) is 0 Å². The largest absolute Gasteiger partial charge is 0.497 e. The van der Waals surface area contributed by atoms with Crippen molar-refractivity contribution in [1.82, 2.24) is 14.7 Å². The van der Waals surface area contributed by atoms with Crippen molar-refractivity contribution in [3.63, 3.8) is 0 Å². The van der Waals surface area contributed by atoms with Gasteiger partial charge in [0.15, 0.2) is 0 Å². The molecule has 0 saturated carbocycles. The highest BCUT2D eigenvalue weighted by Crippen LogP contribution is 2.42. The van der Waals surface area contributed by atoms with Gasteiger partial charge >= 0.3 is 6.03 Å². The van der Waals surface area contributed by atoms with Gasteiger partial charge in [-0.2, -0.15) is 0 Å². The van der Waals surface area contributed by atoms with E-state index in [9.17, 15) is 4.79 Å². The lowest BCUT2D eigenvalue weighted by molar-refractivity contribution is -0.0447. The highest BCUT2D eigenvalue weighted by atomic mass is 16.5. The number of nitrogens with zero attached hydrogens (tertiary/aromatic N) is 3. The maximum absolute atomic E-state index is 13.3. The first-order valence-electron chi connectivity index (χ1n) is 13.8. The van der Waals surface area contributed by atoms with Crippen molar-refractivity contribution >= 4 is 11.7 Å². The van der Waals surface area contributed by atoms with E-state index in [0.717, 1.165) is 55.0 Å². The quantitative estimate of drug-likeness (QED) is 0.473. The summed E-state index contributed by atoms with van der Waals surface area (Å²) in [6.07, 6.45) is 2.10. The number of rotatable bonds is 5. The van der Waals surface area contributed by atoms with Crippen LogP contribution in [0.25, 0.3) is 0 Å². The van der Waals surface area contributed by atoms with Gasteiger partial charge in [-0.25, -0.2) is 4.79 Å². The topological polar surface area (TPSA) is 48.1 Å². The number of amides is 2. The Kier molecular flexibility index (Phi) is 8.51. The third kappa shape index (κ3) is 6.44. The average Bonchev–Trinajstić information content (AvgIpc) is 2.94. The van der Waals surface area contributed by atoms with Crippen LogP contribution in [-0.2, 0) is 0 Å². The second-order valence-corrected chi connectivity index (χ2v) is 10.7. The number of carbonyl (C=O) groups is 1. The number of anilines is 1. The molecular weight excluding hydrogens is 484 g/mol. The Morgan fingerprint density at radius 2 is 1.59 bits per heavy atom. The van der Waals surface area contributed by atoms with Crippen LogP contribution in [0.2, 0.25) is 0 Å². The first kappa shape index (κ1) is 26.8. The normalized spacial score (nSPS) is 21.0. The van der Waals surface area contributed by atoms with Crippen molar-refractivity contribution in [2.75, 3.05) is 52.7 Å². The summed E-state index contributed by atoms with van der Waals surface area (Å²) in [5.74, 6) is 7.68. The Morgan fingerprint density at radius 3 is 2.26 bits per heavy atom. The SMILES string of the molecule is COc1ccc(NC(=O)N2CCCCN3[C@H](CN(C)C)C(c4ccc(C#Cc5ccccc5)cc4)[C@@H]3C2)cc1. The minimum atomic E-state index is -0.0386. The van der Waals surface area contributed by atoms with E-state index in [1.807, 2.05) is 59.5 Å². The molecule has 3 aromatic rings. The number of nitrogens with one attached hydrogen (secondary N) is 1. The van der Waals surface area contributed by atoms with Gasteiger partial charge in [-0.3, -0.25) is 4.90 Å². The molecule has 1 N–H and O–H groups in total. The Morgan fingerprint density at radius 1 is 0.923 bits per heavy atom. The van der Waals surface area contributed by atoms with Crippen molar-refractivity contribution in [3.05, 3.63) is 95.6 Å². The van der Waals surface area contributed by atoms with Crippen LogP contribution in [0.5, 0.6) is 5.75 Å². The molecule has 3 aromatic carbocycles. The maximum Gasteiger partial charge on any atom is 0.321 e. The molecule has 2 aliphatic rings. The predicted octanol–water partition coefficient (Wildman–Crippen LogP) is 5.12. The van der Waals surface area contributed by atoms with E-state index < -0.39 is 0 Å². The zero-order chi connectivity index (χ0) is 27.2. The first-order chi connectivity index (χ1) is 19.0. The average molecular weight is 523 g/mol. The number of hydrogen-bond donors (Lipinski definition) is 1. The van der Waals surface area contributed by atoms with Crippen molar-refractivity contribution < 1.29 is 9.53 Å². The highest BCUT2D eigenvalue weighted by molar-refractivity contribution is 5.89. The molecule has 5 rings (SSSR count). The van der Waals surface area contributed by atoms with Gasteiger partial charge in [0.1, 0.15) is 5.75 Å². The molecule has 2 saturated heterocycles. The van der Waals surface area contributed by atoms with Gasteiger partial charge < -0.3 is 19.9 Å². The van der Waals surface area contributed by atoms with Crippen LogP contribution in [-0.4, -0.2) is 80.2 Å². The van der Waals surface area contributed by atoms with Crippen LogP contribution in [0.1, 0.15) is 35.4 Å². The van der Waals surface area contributed by atoms with Gasteiger partial charge in [-0.15, -0.1) is 0 Å². The molecule has 2 heterocycles. The minimum absolute atomic E-state index is 0.0386. The lowest BCUT2D eigenvalue weighted by atomic mass is 9.73. The fourth-order valence-corrected chi connectivity index (χ4v) is 5.83. The minimum Gasteiger partial charge on any atom is -0.497 e. The van der Waals surface area contributed by atoms with Gasteiger partial charge in [-0.1, -0.05) is 42.2 Å². The molecule has 202 valence electrons.